The largest absolute Gasteiger partial charge is 0.399 e. The van der Waals surface area contributed by atoms with Crippen molar-refractivity contribution < 1.29 is 0 Å². The Morgan fingerprint density at radius 2 is 1.13 bits per heavy atom. The van der Waals surface area contributed by atoms with E-state index in [-0.39, 0.29) is 5.92 Å². The zero-order valence-corrected chi connectivity index (χ0v) is 15.9. The minimum absolute atomic E-state index is 0.190. The van der Waals surface area contributed by atoms with Gasteiger partial charge in [-0.15, -0.1) is 0 Å². The van der Waals surface area contributed by atoms with Gasteiger partial charge < -0.3 is 5.73 Å². The molecule has 0 radical (unpaired) electrons. The molecule has 3 rings (SSSR count). The molecule has 0 aliphatic heterocycles. The van der Waals surface area contributed by atoms with Crippen molar-refractivity contribution in [3.8, 4) is 0 Å². The molecule has 0 unspecified atom stereocenters. The third kappa shape index (κ3) is 3.67. The van der Waals surface area contributed by atoms with Crippen LogP contribution in [0.1, 0.15) is 28.2 Å². The Kier molecular flexibility index (Phi) is 4.88. The van der Waals surface area contributed by atoms with E-state index in [9.17, 15) is 0 Å². The Balaban J connectivity index is 2.14. The summed E-state index contributed by atoms with van der Waals surface area (Å²) < 4.78 is 2.17. The quantitative estimate of drug-likeness (QED) is 0.383. The number of hydrogen-bond donors (Lipinski definition) is 1. The lowest BCUT2D eigenvalue weighted by Crippen LogP contribution is -2.04. The number of nitrogen functional groups attached to an aromatic ring is 1. The molecule has 0 fully saturated rings. The molecule has 0 amide bonds. The van der Waals surface area contributed by atoms with E-state index in [1.54, 1.807) is 0 Å². The summed E-state index contributed by atoms with van der Waals surface area (Å²) in [4.78, 5) is 0. The van der Waals surface area contributed by atoms with Crippen LogP contribution in [0.15, 0.2) is 75.7 Å². The van der Waals surface area contributed by atoms with Crippen molar-refractivity contribution in [2.24, 2.45) is 0 Å². The van der Waals surface area contributed by atoms with Gasteiger partial charge in [-0.1, -0.05) is 68.3 Å². The molecule has 0 bridgehead atoms. The van der Waals surface area contributed by atoms with E-state index in [2.05, 4.69) is 99.4 Å². The van der Waals surface area contributed by atoms with Crippen molar-refractivity contribution in [1.82, 2.24) is 0 Å². The standard InChI is InChI=1S/C20H17Br2N/c1-13-12-16(6-11-19(13)23)20(14-2-7-17(21)8-3-14)15-4-9-18(22)10-5-15/h2-12,20H,23H2,1H3. The second-order valence-electron chi connectivity index (χ2n) is 5.65. The van der Waals surface area contributed by atoms with E-state index in [0.29, 0.717) is 0 Å². The van der Waals surface area contributed by atoms with Crippen LogP contribution in [0.2, 0.25) is 0 Å². The second-order valence-corrected chi connectivity index (χ2v) is 7.48. The maximum atomic E-state index is 5.99. The number of hydrogen-bond acceptors (Lipinski definition) is 1. The fourth-order valence-electron chi connectivity index (χ4n) is 2.77. The van der Waals surface area contributed by atoms with Gasteiger partial charge in [0.05, 0.1) is 0 Å². The van der Waals surface area contributed by atoms with Crippen molar-refractivity contribution in [3.05, 3.63) is 97.9 Å². The van der Waals surface area contributed by atoms with Crippen molar-refractivity contribution in [1.29, 1.82) is 0 Å². The minimum atomic E-state index is 0.190. The SMILES string of the molecule is Cc1cc(C(c2ccc(Br)cc2)c2ccc(Br)cc2)ccc1N. The Bertz CT molecular complexity index is 763. The Hall–Kier alpha value is -1.58. The summed E-state index contributed by atoms with van der Waals surface area (Å²) in [6.45, 7) is 2.05. The van der Waals surface area contributed by atoms with E-state index in [4.69, 9.17) is 5.73 Å². The van der Waals surface area contributed by atoms with Gasteiger partial charge in [0.15, 0.2) is 0 Å². The van der Waals surface area contributed by atoms with E-state index in [1.165, 1.54) is 16.7 Å². The Morgan fingerprint density at radius 1 is 0.696 bits per heavy atom. The summed E-state index contributed by atoms with van der Waals surface area (Å²) in [6, 6.07) is 23.3. The van der Waals surface area contributed by atoms with Crippen LogP contribution >= 0.6 is 31.9 Å². The van der Waals surface area contributed by atoms with E-state index in [1.807, 2.05) is 6.07 Å². The van der Waals surface area contributed by atoms with Crippen LogP contribution in [0, 0.1) is 6.92 Å². The summed E-state index contributed by atoms with van der Waals surface area (Å²) in [7, 11) is 0. The molecule has 3 heteroatoms. The maximum Gasteiger partial charge on any atom is 0.0343 e. The average molecular weight is 431 g/mol. The molecular weight excluding hydrogens is 414 g/mol. The molecule has 0 atom stereocenters. The monoisotopic (exact) mass is 429 g/mol. The van der Waals surface area contributed by atoms with Crippen molar-refractivity contribution >= 4 is 37.5 Å². The van der Waals surface area contributed by atoms with Gasteiger partial charge in [-0.05, 0) is 59.5 Å². The van der Waals surface area contributed by atoms with E-state index < -0.39 is 0 Å². The molecule has 3 aromatic carbocycles. The first-order valence-electron chi connectivity index (χ1n) is 7.41. The van der Waals surface area contributed by atoms with Crippen molar-refractivity contribution in [3.63, 3.8) is 0 Å². The van der Waals surface area contributed by atoms with Gasteiger partial charge in [0.2, 0.25) is 0 Å². The highest BCUT2D eigenvalue weighted by atomic mass is 79.9. The van der Waals surface area contributed by atoms with Gasteiger partial charge in [0.1, 0.15) is 0 Å². The predicted molar refractivity (Wildman–Crippen MR) is 105 cm³/mol. The van der Waals surface area contributed by atoms with Gasteiger partial charge in [0.25, 0.3) is 0 Å². The highest BCUT2D eigenvalue weighted by Gasteiger charge is 2.17. The fourth-order valence-corrected chi connectivity index (χ4v) is 3.29. The first-order chi connectivity index (χ1) is 11.0. The van der Waals surface area contributed by atoms with Crippen LogP contribution in [-0.2, 0) is 0 Å². The molecule has 2 N–H and O–H groups in total. The van der Waals surface area contributed by atoms with Crippen LogP contribution in [0.4, 0.5) is 5.69 Å². The molecule has 0 heterocycles. The maximum absolute atomic E-state index is 5.99. The number of rotatable bonds is 3. The first kappa shape index (κ1) is 16.3. The molecule has 0 spiro atoms. The molecule has 3 aromatic rings. The number of nitrogens with two attached hydrogens (primary N) is 1. The molecule has 0 aliphatic carbocycles. The molecule has 0 aromatic heterocycles. The molecule has 0 aliphatic rings. The third-order valence-corrected chi connectivity index (χ3v) is 5.09. The number of aryl methyl sites for hydroxylation is 1. The zero-order valence-electron chi connectivity index (χ0n) is 12.8. The summed E-state index contributed by atoms with van der Waals surface area (Å²) in [5, 5.41) is 0. The van der Waals surface area contributed by atoms with Gasteiger partial charge in [-0.25, -0.2) is 0 Å². The molecule has 0 saturated heterocycles. The van der Waals surface area contributed by atoms with Crippen molar-refractivity contribution in [2.45, 2.75) is 12.8 Å². The zero-order chi connectivity index (χ0) is 16.4. The van der Waals surface area contributed by atoms with Crippen LogP contribution < -0.4 is 5.73 Å². The normalized spacial score (nSPS) is 11.0. The molecular formula is C20H17Br2N. The van der Waals surface area contributed by atoms with Gasteiger partial charge in [0, 0.05) is 20.6 Å². The van der Waals surface area contributed by atoms with Crippen LogP contribution in [0.3, 0.4) is 0 Å². The van der Waals surface area contributed by atoms with Crippen molar-refractivity contribution in [2.75, 3.05) is 5.73 Å². The Labute approximate surface area is 153 Å². The lowest BCUT2D eigenvalue weighted by atomic mass is 9.84. The lowest BCUT2D eigenvalue weighted by Gasteiger charge is -2.20. The first-order valence-corrected chi connectivity index (χ1v) is 9.00. The summed E-state index contributed by atoms with van der Waals surface area (Å²) in [5.41, 5.74) is 11.7. The highest BCUT2D eigenvalue weighted by Crippen LogP contribution is 2.34. The third-order valence-electron chi connectivity index (χ3n) is 4.03. The lowest BCUT2D eigenvalue weighted by molar-refractivity contribution is 0.973. The fraction of sp³-hybridized carbons (Fsp3) is 0.100. The van der Waals surface area contributed by atoms with Gasteiger partial charge in [-0.3, -0.25) is 0 Å². The number of benzene rings is 3. The molecule has 1 nitrogen and oxygen atoms in total. The topological polar surface area (TPSA) is 26.0 Å². The number of anilines is 1. The second kappa shape index (κ2) is 6.90. The highest BCUT2D eigenvalue weighted by molar-refractivity contribution is 9.10. The van der Waals surface area contributed by atoms with Gasteiger partial charge >= 0.3 is 0 Å². The Morgan fingerprint density at radius 3 is 1.57 bits per heavy atom. The number of halogens is 2. The average Bonchev–Trinajstić information content (AvgIpc) is 2.55. The summed E-state index contributed by atoms with van der Waals surface area (Å²) in [6.07, 6.45) is 0. The smallest absolute Gasteiger partial charge is 0.0343 e. The molecule has 0 saturated carbocycles. The van der Waals surface area contributed by atoms with Crippen LogP contribution in [0.5, 0.6) is 0 Å². The van der Waals surface area contributed by atoms with E-state index >= 15 is 0 Å². The predicted octanol–water partition coefficient (Wildman–Crippen LogP) is 6.28. The molecule has 116 valence electrons. The molecule has 23 heavy (non-hydrogen) atoms. The van der Waals surface area contributed by atoms with Crippen LogP contribution in [0.25, 0.3) is 0 Å². The van der Waals surface area contributed by atoms with Crippen LogP contribution in [-0.4, -0.2) is 0 Å². The summed E-state index contributed by atoms with van der Waals surface area (Å²) >= 11 is 7.03. The van der Waals surface area contributed by atoms with Gasteiger partial charge in [-0.2, -0.15) is 0 Å². The van der Waals surface area contributed by atoms with E-state index in [0.717, 1.165) is 20.2 Å². The minimum Gasteiger partial charge on any atom is -0.399 e. The summed E-state index contributed by atoms with van der Waals surface area (Å²) in [5.74, 6) is 0.190.